The van der Waals surface area contributed by atoms with Gasteiger partial charge in [0.1, 0.15) is 0 Å². The summed E-state index contributed by atoms with van der Waals surface area (Å²) in [6.45, 7) is 3.56. The van der Waals surface area contributed by atoms with Crippen LogP contribution < -0.4 is 10.2 Å². The maximum atomic E-state index is 12.4. The lowest BCUT2D eigenvalue weighted by atomic mass is 10.1. The molecule has 2 aromatic rings. The van der Waals surface area contributed by atoms with E-state index in [0.717, 1.165) is 25.1 Å². The second-order valence-corrected chi connectivity index (χ2v) is 5.41. The van der Waals surface area contributed by atoms with E-state index in [1.807, 2.05) is 40.0 Å². The molecule has 0 aliphatic carbocycles. The number of para-hydroxylation sites is 1. The Morgan fingerprint density at radius 2 is 2.24 bits per heavy atom. The summed E-state index contributed by atoms with van der Waals surface area (Å²) in [5, 5.41) is 7.15. The number of aryl methyl sites for hydroxylation is 1. The minimum absolute atomic E-state index is 0.00656. The van der Waals surface area contributed by atoms with Gasteiger partial charge in [-0.05, 0) is 37.5 Å². The molecule has 0 radical (unpaired) electrons. The van der Waals surface area contributed by atoms with Crippen LogP contribution in [0, 0.1) is 0 Å². The van der Waals surface area contributed by atoms with Crippen LogP contribution in [0.3, 0.4) is 0 Å². The number of hydrogen-bond acceptors (Lipinski definition) is 2. The van der Waals surface area contributed by atoms with Gasteiger partial charge in [-0.15, -0.1) is 0 Å². The molecule has 0 saturated heterocycles. The molecule has 5 heteroatoms. The van der Waals surface area contributed by atoms with Crippen molar-refractivity contribution < 1.29 is 4.79 Å². The third kappa shape index (κ3) is 2.91. The van der Waals surface area contributed by atoms with Gasteiger partial charge in [-0.1, -0.05) is 18.2 Å². The molecule has 1 atom stereocenters. The number of carbonyl (C=O) groups is 1. The lowest BCUT2D eigenvalue weighted by Crippen LogP contribution is -2.43. The Balaban J connectivity index is 1.53. The highest BCUT2D eigenvalue weighted by Crippen LogP contribution is 2.31. The van der Waals surface area contributed by atoms with Crippen LogP contribution in [0.4, 0.5) is 10.5 Å². The van der Waals surface area contributed by atoms with Crippen molar-refractivity contribution in [3.8, 4) is 0 Å². The van der Waals surface area contributed by atoms with Gasteiger partial charge in [0, 0.05) is 37.2 Å². The number of aromatic nitrogens is 2. The van der Waals surface area contributed by atoms with Gasteiger partial charge in [-0.25, -0.2) is 4.79 Å². The molecule has 1 N–H and O–H groups in total. The first-order valence-corrected chi connectivity index (χ1v) is 7.38. The average Bonchev–Trinajstić information content (AvgIpc) is 3.09. The third-order valence-corrected chi connectivity index (χ3v) is 3.83. The fourth-order valence-electron chi connectivity index (χ4n) is 2.83. The lowest BCUT2D eigenvalue weighted by molar-refractivity contribution is 0.244. The molecule has 2 heterocycles. The maximum Gasteiger partial charge on any atom is 0.322 e. The van der Waals surface area contributed by atoms with E-state index in [4.69, 9.17) is 0 Å². The Morgan fingerprint density at radius 1 is 1.38 bits per heavy atom. The molecule has 1 aliphatic rings. The minimum atomic E-state index is -0.00656. The predicted molar refractivity (Wildman–Crippen MR) is 82.3 cm³/mol. The number of anilines is 1. The third-order valence-electron chi connectivity index (χ3n) is 3.83. The van der Waals surface area contributed by atoms with E-state index in [2.05, 4.69) is 23.4 Å². The van der Waals surface area contributed by atoms with E-state index in [0.29, 0.717) is 6.54 Å². The number of fused-ring (bicyclic) bond motifs is 1. The second kappa shape index (κ2) is 5.99. The molecule has 2 amide bonds. The number of hydrogen-bond donors (Lipinski definition) is 1. The zero-order chi connectivity index (χ0) is 14.7. The summed E-state index contributed by atoms with van der Waals surface area (Å²) in [6.07, 6.45) is 5.50. The van der Waals surface area contributed by atoms with E-state index in [-0.39, 0.29) is 12.1 Å². The van der Waals surface area contributed by atoms with Crippen LogP contribution in [0.1, 0.15) is 18.9 Å². The first-order chi connectivity index (χ1) is 10.3. The standard InChI is InChI=1S/C16H20N4O/c1-13-12-14-6-2-3-7-15(14)20(13)16(21)17-8-4-10-19-11-5-9-18-19/h2-3,5-7,9,11,13H,4,8,10,12H2,1H3,(H,17,21). The SMILES string of the molecule is CC1Cc2ccccc2N1C(=O)NCCCn1cccn1. The van der Waals surface area contributed by atoms with Crippen LogP contribution >= 0.6 is 0 Å². The quantitative estimate of drug-likeness (QED) is 0.877. The van der Waals surface area contributed by atoms with Gasteiger partial charge in [-0.2, -0.15) is 5.10 Å². The van der Waals surface area contributed by atoms with E-state index >= 15 is 0 Å². The van der Waals surface area contributed by atoms with Crippen LogP contribution in [0.25, 0.3) is 0 Å². The molecule has 1 aliphatic heterocycles. The molecular weight excluding hydrogens is 264 g/mol. The van der Waals surface area contributed by atoms with Crippen molar-refractivity contribution >= 4 is 11.7 Å². The van der Waals surface area contributed by atoms with Gasteiger partial charge in [0.15, 0.2) is 0 Å². The highest BCUT2D eigenvalue weighted by atomic mass is 16.2. The molecule has 21 heavy (non-hydrogen) atoms. The summed E-state index contributed by atoms with van der Waals surface area (Å²) in [4.78, 5) is 14.2. The highest BCUT2D eigenvalue weighted by Gasteiger charge is 2.30. The van der Waals surface area contributed by atoms with Gasteiger partial charge in [-0.3, -0.25) is 9.58 Å². The van der Waals surface area contributed by atoms with E-state index in [1.54, 1.807) is 6.20 Å². The molecule has 1 unspecified atom stereocenters. The Labute approximate surface area is 124 Å². The zero-order valence-corrected chi connectivity index (χ0v) is 12.2. The van der Waals surface area contributed by atoms with Crippen molar-refractivity contribution in [3.63, 3.8) is 0 Å². The summed E-state index contributed by atoms with van der Waals surface area (Å²) in [5.74, 6) is 0. The number of nitrogens with one attached hydrogen (secondary N) is 1. The lowest BCUT2D eigenvalue weighted by Gasteiger charge is -2.23. The number of rotatable bonds is 4. The van der Waals surface area contributed by atoms with Crippen molar-refractivity contribution in [1.29, 1.82) is 0 Å². The molecule has 0 bridgehead atoms. The van der Waals surface area contributed by atoms with Crippen molar-refractivity contribution in [1.82, 2.24) is 15.1 Å². The summed E-state index contributed by atoms with van der Waals surface area (Å²) in [5.41, 5.74) is 2.28. The smallest absolute Gasteiger partial charge is 0.322 e. The molecule has 0 fully saturated rings. The maximum absolute atomic E-state index is 12.4. The molecule has 1 aromatic carbocycles. The molecular formula is C16H20N4O. The van der Waals surface area contributed by atoms with Crippen molar-refractivity contribution in [2.24, 2.45) is 0 Å². The molecule has 5 nitrogen and oxygen atoms in total. The van der Waals surface area contributed by atoms with Crippen molar-refractivity contribution in [2.75, 3.05) is 11.4 Å². The molecule has 0 saturated carbocycles. The van der Waals surface area contributed by atoms with Crippen LogP contribution in [-0.2, 0) is 13.0 Å². The fraction of sp³-hybridized carbons (Fsp3) is 0.375. The number of amides is 2. The Hall–Kier alpha value is -2.30. The van der Waals surface area contributed by atoms with E-state index in [1.165, 1.54) is 5.56 Å². The van der Waals surface area contributed by atoms with Gasteiger partial charge < -0.3 is 5.32 Å². The monoisotopic (exact) mass is 284 g/mol. The van der Waals surface area contributed by atoms with Crippen LogP contribution in [0.15, 0.2) is 42.7 Å². The van der Waals surface area contributed by atoms with Gasteiger partial charge >= 0.3 is 6.03 Å². The molecule has 0 spiro atoms. The fourth-order valence-corrected chi connectivity index (χ4v) is 2.83. The van der Waals surface area contributed by atoms with Gasteiger partial charge in [0.25, 0.3) is 0 Å². The average molecular weight is 284 g/mol. The number of urea groups is 1. The van der Waals surface area contributed by atoms with Crippen molar-refractivity contribution in [2.45, 2.75) is 32.4 Å². The minimum Gasteiger partial charge on any atom is -0.338 e. The van der Waals surface area contributed by atoms with Gasteiger partial charge in [0.2, 0.25) is 0 Å². The predicted octanol–water partition coefficient (Wildman–Crippen LogP) is 2.43. The van der Waals surface area contributed by atoms with Crippen LogP contribution in [-0.4, -0.2) is 28.4 Å². The molecule has 110 valence electrons. The van der Waals surface area contributed by atoms with E-state index < -0.39 is 0 Å². The first kappa shape index (κ1) is 13.7. The normalized spacial score (nSPS) is 16.8. The summed E-state index contributed by atoms with van der Waals surface area (Å²) < 4.78 is 1.87. The Bertz CT molecular complexity index is 608. The summed E-state index contributed by atoms with van der Waals surface area (Å²) >= 11 is 0. The number of benzene rings is 1. The van der Waals surface area contributed by atoms with Crippen molar-refractivity contribution in [3.05, 3.63) is 48.3 Å². The summed E-state index contributed by atoms with van der Waals surface area (Å²) in [6, 6.07) is 10.2. The number of nitrogens with zero attached hydrogens (tertiary/aromatic N) is 3. The Kier molecular flexibility index (Phi) is 3.90. The van der Waals surface area contributed by atoms with Gasteiger partial charge in [0.05, 0.1) is 0 Å². The van der Waals surface area contributed by atoms with Crippen LogP contribution in [0.5, 0.6) is 0 Å². The van der Waals surface area contributed by atoms with E-state index in [9.17, 15) is 4.79 Å². The largest absolute Gasteiger partial charge is 0.338 e. The molecule has 3 rings (SSSR count). The second-order valence-electron chi connectivity index (χ2n) is 5.41. The number of carbonyl (C=O) groups excluding carboxylic acids is 1. The highest BCUT2D eigenvalue weighted by molar-refractivity contribution is 5.94. The Morgan fingerprint density at radius 3 is 3.05 bits per heavy atom. The van der Waals surface area contributed by atoms with Crippen LogP contribution in [0.2, 0.25) is 0 Å². The zero-order valence-electron chi connectivity index (χ0n) is 12.2. The summed E-state index contributed by atoms with van der Waals surface area (Å²) in [7, 11) is 0. The topological polar surface area (TPSA) is 50.2 Å². The molecule has 1 aromatic heterocycles. The first-order valence-electron chi connectivity index (χ1n) is 7.38.